The molecule has 2 heterocycles. The fourth-order valence-electron chi connectivity index (χ4n) is 8.74. The average molecular weight is 863 g/mol. The zero-order chi connectivity index (χ0) is 45.3. The smallest absolute Gasteiger partial charge is 0.294 e. The van der Waals surface area contributed by atoms with Crippen molar-refractivity contribution in [3.05, 3.63) is 251 Å². The van der Waals surface area contributed by atoms with Gasteiger partial charge < -0.3 is 19.5 Å². The zero-order valence-electron chi connectivity index (χ0n) is 37.1. The lowest BCUT2D eigenvalue weighted by atomic mass is 10.0. The number of hydrogen-bond donors (Lipinski definition) is 0. The molecule has 8 aromatic carbocycles. The molecular weight excluding hydrogens is 817 g/mol. The van der Waals surface area contributed by atoms with Crippen molar-refractivity contribution in [2.24, 2.45) is 0 Å². The normalized spacial score (nSPS) is 13.3. The minimum atomic E-state index is -0.498. The third kappa shape index (κ3) is 7.54. The second-order valence-corrected chi connectivity index (χ2v) is 16.4. The van der Waals surface area contributed by atoms with Gasteiger partial charge in [-0.3, -0.25) is 9.59 Å². The van der Waals surface area contributed by atoms with E-state index in [1.54, 1.807) is 24.3 Å². The van der Waals surface area contributed by atoms with Crippen LogP contribution in [0.15, 0.2) is 217 Å². The molecule has 66 heavy (non-hydrogen) atoms. The number of benzene rings is 8. The Morgan fingerprint density at radius 2 is 0.606 bits per heavy atom. The SMILES string of the molecule is Cc1ccccc1N(c1ccc(C2=C3C(=O)N(Oc4ccccc4)C(c4ccc(N(c5ccccc5C)c5ccccc5C)cc4)=C3C(=O)N2Oc2ccccc2)cc1)c1ccccc1C. The molecule has 0 N–H and O–H groups in total. The summed E-state index contributed by atoms with van der Waals surface area (Å²) < 4.78 is 0. The maximum absolute atomic E-state index is 15.2. The largest absolute Gasteiger partial charge is 0.372 e. The van der Waals surface area contributed by atoms with Crippen LogP contribution in [0, 0.1) is 27.7 Å². The minimum absolute atomic E-state index is 0.176. The van der Waals surface area contributed by atoms with E-state index in [1.165, 1.54) is 10.1 Å². The lowest BCUT2D eigenvalue weighted by Gasteiger charge is -2.29. The fraction of sp³-hybridized carbons (Fsp3) is 0.0690. The molecule has 0 saturated heterocycles. The Morgan fingerprint density at radius 1 is 0.333 bits per heavy atom. The van der Waals surface area contributed by atoms with Crippen molar-refractivity contribution in [2.75, 3.05) is 9.80 Å². The summed E-state index contributed by atoms with van der Waals surface area (Å²) in [5.41, 5.74) is 12.6. The number of aryl methyl sites for hydroxylation is 4. The van der Waals surface area contributed by atoms with Gasteiger partial charge in [-0.25, -0.2) is 0 Å². The molecule has 0 saturated carbocycles. The predicted octanol–water partition coefficient (Wildman–Crippen LogP) is 13.7. The molecule has 0 atom stereocenters. The monoisotopic (exact) mass is 862 g/mol. The molecular formula is C58H46N4O4. The van der Waals surface area contributed by atoms with Crippen LogP contribution in [0.4, 0.5) is 34.1 Å². The van der Waals surface area contributed by atoms with Crippen molar-refractivity contribution in [3.63, 3.8) is 0 Å². The van der Waals surface area contributed by atoms with Crippen molar-refractivity contribution in [3.8, 4) is 11.5 Å². The molecule has 10 rings (SSSR count). The van der Waals surface area contributed by atoms with Gasteiger partial charge in [-0.05, 0) is 123 Å². The Morgan fingerprint density at radius 3 is 0.894 bits per heavy atom. The van der Waals surface area contributed by atoms with Gasteiger partial charge in [0.25, 0.3) is 11.8 Å². The van der Waals surface area contributed by atoms with Crippen molar-refractivity contribution in [1.82, 2.24) is 10.1 Å². The molecule has 0 unspecified atom stereocenters. The van der Waals surface area contributed by atoms with E-state index in [9.17, 15) is 0 Å². The molecule has 0 fully saturated rings. The summed E-state index contributed by atoms with van der Waals surface area (Å²) >= 11 is 0. The second kappa shape index (κ2) is 17.5. The first kappa shape index (κ1) is 41.4. The molecule has 0 bridgehead atoms. The van der Waals surface area contributed by atoms with Crippen LogP contribution in [0.1, 0.15) is 33.4 Å². The summed E-state index contributed by atoms with van der Waals surface area (Å²) in [4.78, 5) is 47.8. The Labute approximate surface area is 385 Å². The molecule has 2 aliphatic rings. The number of amides is 2. The van der Waals surface area contributed by atoms with Gasteiger partial charge in [0, 0.05) is 45.3 Å². The van der Waals surface area contributed by atoms with Gasteiger partial charge in [0.05, 0.1) is 11.1 Å². The van der Waals surface area contributed by atoms with Crippen LogP contribution in [0.25, 0.3) is 11.4 Å². The first-order chi connectivity index (χ1) is 32.3. The van der Waals surface area contributed by atoms with Crippen molar-refractivity contribution < 1.29 is 19.3 Å². The molecule has 0 radical (unpaired) electrons. The molecule has 2 amide bonds. The number of anilines is 6. The van der Waals surface area contributed by atoms with E-state index >= 15 is 9.59 Å². The summed E-state index contributed by atoms with van der Waals surface area (Å²) in [6.45, 7) is 8.40. The van der Waals surface area contributed by atoms with E-state index in [2.05, 4.69) is 86.0 Å². The molecule has 8 aromatic rings. The van der Waals surface area contributed by atoms with Crippen LogP contribution >= 0.6 is 0 Å². The van der Waals surface area contributed by atoms with E-state index in [0.29, 0.717) is 34.0 Å². The quantitative estimate of drug-likeness (QED) is 0.122. The number of rotatable bonds is 12. The molecule has 8 heteroatoms. The van der Waals surface area contributed by atoms with Crippen LogP contribution < -0.4 is 19.5 Å². The van der Waals surface area contributed by atoms with E-state index in [-0.39, 0.29) is 11.1 Å². The number of hydrogen-bond acceptors (Lipinski definition) is 6. The molecule has 0 spiro atoms. The highest BCUT2D eigenvalue weighted by atomic mass is 16.7. The number of carbonyl (C=O) groups is 2. The lowest BCUT2D eigenvalue weighted by Crippen LogP contribution is -2.33. The van der Waals surface area contributed by atoms with Crippen LogP contribution in [0.3, 0.4) is 0 Å². The Hall–Kier alpha value is -8.62. The number of para-hydroxylation sites is 6. The maximum atomic E-state index is 15.2. The van der Waals surface area contributed by atoms with Gasteiger partial charge in [-0.2, -0.15) is 0 Å². The highest BCUT2D eigenvalue weighted by molar-refractivity contribution is 6.29. The number of fused-ring (bicyclic) bond motifs is 1. The van der Waals surface area contributed by atoms with E-state index in [4.69, 9.17) is 9.68 Å². The number of hydroxylamine groups is 4. The third-order valence-corrected chi connectivity index (χ3v) is 12.0. The van der Waals surface area contributed by atoms with Crippen molar-refractivity contribution in [1.29, 1.82) is 0 Å². The zero-order valence-corrected chi connectivity index (χ0v) is 37.1. The van der Waals surface area contributed by atoms with Gasteiger partial charge in [-0.15, -0.1) is 10.1 Å². The summed E-state index contributed by atoms with van der Waals surface area (Å²) in [5.74, 6) is -0.117. The topological polar surface area (TPSA) is 65.6 Å². The molecule has 322 valence electrons. The second-order valence-electron chi connectivity index (χ2n) is 16.4. The minimum Gasteiger partial charge on any atom is -0.372 e. The lowest BCUT2D eigenvalue weighted by molar-refractivity contribution is -0.140. The number of nitrogens with zero attached hydrogens (tertiary/aromatic N) is 4. The van der Waals surface area contributed by atoms with Gasteiger partial charge in [-0.1, -0.05) is 133 Å². The highest BCUT2D eigenvalue weighted by Gasteiger charge is 2.52. The van der Waals surface area contributed by atoms with Crippen molar-refractivity contribution in [2.45, 2.75) is 27.7 Å². The Balaban J connectivity index is 1.14. The molecule has 0 aliphatic carbocycles. The maximum Gasteiger partial charge on any atom is 0.294 e. The first-order valence-electron chi connectivity index (χ1n) is 21.9. The average Bonchev–Trinajstić information content (AvgIpc) is 3.78. The summed E-state index contributed by atoms with van der Waals surface area (Å²) in [6, 6.07) is 67.2. The summed E-state index contributed by atoms with van der Waals surface area (Å²) in [6.07, 6.45) is 0. The van der Waals surface area contributed by atoms with Crippen LogP contribution in [-0.4, -0.2) is 21.9 Å². The Kier molecular flexibility index (Phi) is 11.0. The van der Waals surface area contributed by atoms with Crippen LogP contribution in [0.5, 0.6) is 11.5 Å². The van der Waals surface area contributed by atoms with Crippen LogP contribution in [0.2, 0.25) is 0 Å². The standard InChI is InChI=1S/C58H46N4O4/c1-39-19-11-15-27-49(39)59(50-28-16-12-20-40(50)2)45-35-31-43(32-36-45)55-53-54(58(64)61(55)65-47-23-7-5-8-24-47)56(62(57(53)63)66-48-25-9-6-10-26-48)44-33-37-46(38-34-44)60(51-29-17-13-21-41(51)3)52-30-18-14-22-42(52)4/h5-38H,1-4H3. The first-order valence-corrected chi connectivity index (χ1v) is 21.9. The molecule has 0 aromatic heterocycles. The van der Waals surface area contributed by atoms with E-state index in [1.807, 2.05) is 133 Å². The number of carbonyl (C=O) groups excluding carboxylic acids is 2. The Bertz CT molecular complexity index is 2870. The summed E-state index contributed by atoms with van der Waals surface area (Å²) in [5, 5.41) is 2.50. The van der Waals surface area contributed by atoms with E-state index in [0.717, 1.165) is 56.4 Å². The highest BCUT2D eigenvalue weighted by Crippen LogP contribution is 2.49. The van der Waals surface area contributed by atoms with Crippen molar-refractivity contribution >= 4 is 57.3 Å². The summed E-state index contributed by atoms with van der Waals surface area (Å²) in [7, 11) is 0. The predicted molar refractivity (Wildman–Crippen MR) is 263 cm³/mol. The molecule has 8 nitrogen and oxygen atoms in total. The third-order valence-electron chi connectivity index (χ3n) is 12.0. The van der Waals surface area contributed by atoms with Gasteiger partial charge in [0.2, 0.25) is 0 Å². The van der Waals surface area contributed by atoms with Gasteiger partial charge in [0.1, 0.15) is 11.4 Å². The van der Waals surface area contributed by atoms with Gasteiger partial charge in [0.15, 0.2) is 11.5 Å². The van der Waals surface area contributed by atoms with Gasteiger partial charge >= 0.3 is 0 Å². The van der Waals surface area contributed by atoms with E-state index < -0.39 is 11.8 Å². The molecule has 2 aliphatic heterocycles. The fourth-order valence-corrected chi connectivity index (χ4v) is 8.74. The van der Waals surface area contributed by atoms with Crippen LogP contribution in [-0.2, 0) is 9.59 Å².